The minimum Gasteiger partial charge on any atom is -0.349 e. The minimum atomic E-state index is -1.61. The van der Waals surface area contributed by atoms with Crippen LogP contribution in [0.4, 0.5) is 19.0 Å². The second kappa shape index (κ2) is 8.26. The van der Waals surface area contributed by atoms with Gasteiger partial charge in [0.25, 0.3) is 5.56 Å². The summed E-state index contributed by atoms with van der Waals surface area (Å²) in [5.74, 6) is -3.68. The first-order valence-corrected chi connectivity index (χ1v) is 11.3. The predicted octanol–water partition coefficient (Wildman–Crippen LogP) is 0.146. The smallest absolute Gasteiger partial charge is 0.333 e. The van der Waals surface area contributed by atoms with Gasteiger partial charge in [-0.05, 0) is 24.1 Å². The summed E-state index contributed by atoms with van der Waals surface area (Å²) in [6.07, 6.45) is 3.86. The Hall–Kier alpha value is -4.07. The fraction of sp³-hybridized carbons (Fsp3) is 0.364. The first kappa shape index (κ1) is 22.4. The number of aryl methyl sites for hydroxylation is 1. The molecule has 14 heteroatoms. The standard InChI is InChI=1S/C22H20F3N9O2/c1-31-10-28-16(30-31)9-34-21(35)19-20(29-17(6-27-19)32-8-12-4-13(32)5-26-12)33(22(34)36)7-11-2-14(23)18(25)15(24)3-11/h2-3,6,10,12-13,26H,4-5,7-9H2,1H3/t12-,13-/m1/s1. The number of aromatic nitrogens is 7. The highest BCUT2D eigenvalue weighted by molar-refractivity contribution is 5.71. The minimum absolute atomic E-state index is 0.0207. The molecule has 0 spiro atoms. The second-order valence-corrected chi connectivity index (χ2v) is 9.02. The fourth-order valence-electron chi connectivity index (χ4n) is 4.90. The van der Waals surface area contributed by atoms with E-state index in [2.05, 4.69) is 30.3 Å². The molecule has 0 radical (unpaired) electrons. The quantitative estimate of drug-likeness (QED) is 0.386. The van der Waals surface area contributed by atoms with E-state index in [4.69, 9.17) is 0 Å². The molecule has 6 rings (SSSR count). The second-order valence-electron chi connectivity index (χ2n) is 9.02. The van der Waals surface area contributed by atoms with E-state index in [1.54, 1.807) is 7.05 Å². The maximum atomic E-state index is 13.9. The lowest BCUT2D eigenvalue weighted by Crippen LogP contribution is -2.44. The van der Waals surface area contributed by atoms with Gasteiger partial charge in [-0.2, -0.15) is 5.10 Å². The lowest BCUT2D eigenvalue weighted by molar-refractivity contribution is 0.444. The average molecular weight is 499 g/mol. The summed E-state index contributed by atoms with van der Waals surface area (Å²) in [7, 11) is 1.64. The Morgan fingerprint density at radius 1 is 1.08 bits per heavy atom. The monoisotopic (exact) mass is 499 g/mol. The summed E-state index contributed by atoms with van der Waals surface area (Å²) in [6, 6.07) is 2.13. The molecule has 2 saturated heterocycles. The zero-order valence-corrected chi connectivity index (χ0v) is 19.0. The van der Waals surface area contributed by atoms with Crippen molar-refractivity contribution in [3.63, 3.8) is 0 Å². The number of benzene rings is 1. The molecule has 0 unspecified atom stereocenters. The van der Waals surface area contributed by atoms with Crippen LogP contribution in [0.2, 0.25) is 0 Å². The van der Waals surface area contributed by atoms with Crippen LogP contribution in [-0.4, -0.2) is 59.0 Å². The summed E-state index contributed by atoms with van der Waals surface area (Å²) >= 11 is 0. The maximum Gasteiger partial charge on any atom is 0.333 e. The number of hydrogen-bond acceptors (Lipinski definition) is 8. The Labute approximate surface area is 200 Å². The van der Waals surface area contributed by atoms with Crippen molar-refractivity contribution >= 4 is 17.0 Å². The van der Waals surface area contributed by atoms with Crippen molar-refractivity contribution in [1.29, 1.82) is 0 Å². The highest BCUT2D eigenvalue weighted by Gasteiger charge is 2.38. The SMILES string of the molecule is Cn1cnc(Cn2c(=O)c3ncc(N4C[C@H]5C[C@@H]4CN5)nc3n(Cc3cc(F)c(F)c(F)c3)c2=O)n1. The van der Waals surface area contributed by atoms with E-state index < -0.39 is 28.7 Å². The number of hydrogen-bond donors (Lipinski definition) is 1. The van der Waals surface area contributed by atoms with Gasteiger partial charge in [-0.25, -0.2) is 32.9 Å². The van der Waals surface area contributed by atoms with E-state index in [-0.39, 0.29) is 41.7 Å². The van der Waals surface area contributed by atoms with Gasteiger partial charge >= 0.3 is 5.69 Å². The third-order valence-electron chi connectivity index (χ3n) is 6.59. The molecular weight excluding hydrogens is 479 g/mol. The van der Waals surface area contributed by atoms with E-state index in [1.807, 2.05) is 0 Å². The van der Waals surface area contributed by atoms with Crippen LogP contribution >= 0.6 is 0 Å². The van der Waals surface area contributed by atoms with Gasteiger partial charge in [-0.15, -0.1) is 0 Å². The van der Waals surface area contributed by atoms with Gasteiger partial charge in [0.1, 0.15) is 12.1 Å². The number of nitrogens with zero attached hydrogens (tertiary/aromatic N) is 8. The lowest BCUT2D eigenvalue weighted by Gasteiger charge is -2.28. The van der Waals surface area contributed by atoms with E-state index in [0.717, 1.165) is 34.2 Å². The molecule has 2 fully saturated rings. The maximum absolute atomic E-state index is 13.9. The van der Waals surface area contributed by atoms with Gasteiger partial charge in [0.2, 0.25) is 0 Å². The summed E-state index contributed by atoms with van der Waals surface area (Å²) in [5, 5.41) is 7.50. The number of fused-ring (bicyclic) bond motifs is 3. The molecule has 0 aliphatic carbocycles. The molecule has 2 aliphatic rings. The molecule has 36 heavy (non-hydrogen) atoms. The van der Waals surface area contributed by atoms with Crippen molar-refractivity contribution < 1.29 is 13.2 Å². The van der Waals surface area contributed by atoms with Crippen LogP contribution in [-0.2, 0) is 20.1 Å². The summed E-state index contributed by atoms with van der Waals surface area (Å²) in [6.45, 7) is 0.868. The van der Waals surface area contributed by atoms with Crippen molar-refractivity contribution in [3.8, 4) is 0 Å². The highest BCUT2D eigenvalue weighted by Crippen LogP contribution is 2.28. The molecule has 2 bridgehead atoms. The third-order valence-corrected chi connectivity index (χ3v) is 6.59. The first-order valence-electron chi connectivity index (χ1n) is 11.3. The zero-order valence-electron chi connectivity index (χ0n) is 19.0. The van der Waals surface area contributed by atoms with Crippen LogP contribution in [0.3, 0.4) is 0 Å². The van der Waals surface area contributed by atoms with E-state index in [9.17, 15) is 22.8 Å². The molecule has 11 nitrogen and oxygen atoms in total. The molecule has 186 valence electrons. The van der Waals surface area contributed by atoms with Gasteiger partial charge in [0.15, 0.2) is 34.4 Å². The van der Waals surface area contributed by atoms with Gasteiger partial charge in [-0.1, -0.05) is 0 Å². The first-order chi connectivity index (χ1) is 17.3. The molecule has 5 heterocycles. The zero-order chi connectivity index (χ0) is 25.1. The van der Waals surface area contributed by atoms with E-state index >= 15 is 0 Å². The van der Waals surface area contributed by atoms with E-state index in [1.165, 1.54) is 17.2 Å². The molecule has 2 atom stereocenters. The summed E-state index contributed by atoms with van der Waals surface area (Å²) in [5.41, 5.74) is -1.64. The Balaban J connectivity index is 1.52. The van der Waals surface area contributed by atoms with Crippen molar-refractivity contribution in [2.24, 2.45) is 7.05 Å². The molecular formula is C22H20F3N9O2. The third kappa shape index (κ3) is 3.64. The van der Waals surface area contributed by atoms with Gasteiger partial charge in [-0.3, -0.25) is 18.6 Å². The topological polar surface area (TPSA) is 116 Å². The Morgan fingerprint density at radius 3 is 2.50 bits per heavy atom. The van der Waals surface area contributed by atoms with Crippen LogP contribution in [0.1, 0.15) is 17.8 Å². The van der Waals surface area contributed by atoms with Crippen molar-refractivity contribution in [2.75, 3.05) is 18.0 Å². The predicted molar refractivity (Wildman–Crippen MR) is 121 cm³/mol. The molecule has 2 aliphatic heterocycles. The number of nitrogens with one attached hydrogen (secondary N) is 1. The van der Waals surface area contributed by atoms with Crippen LogP contribution < -0.4 is 21.5 Å². The molecule has 1 N–H and O–H groups in total. The average Bonchev–Trinajstić information content (AvgIpc) is 3.60. The molecule has 3 aromatic heterocycles. The van der Waals surface area contributed by atoms with Crippen LogP contribution in [0.5, 0.6) is 0 Å². The number of piperazine rings is 1. The van der Waals surface area contributed by atoms with Gasteiger partial charge < -0.3 is 10.2 Å². The van der Waals surface area contributed by atoms with Crippen molar-refractivity contribution in [1.82, 2.24) is 39.2 Å². The van der Waals surface area contributed by atoms with Crippen LogP contribution in [0.25, 0.3) is 11.2 Å². The summed E-state index contributed by atoms with van der Waals surface area (Å²) in [4.78, 5) is 41.9. The Bertz CT molecular complexity index is 1610. The van der Waals surface area contributed by atoms with Gasteiger partial charge in [0.05, 0.1) is 19.3 Å². The fourth-order valence-corrected chi connectivity index (χ4v) is 4.90. The Kier molecular flexibility index (Phi) is 5.14. The van der Waals surface area contributed by atoms with Crippen LogP contribution in [0.15, 0.2) is 34.2 Å². The lowest BCUT2D eigenvalue weighted by atomic mass is 10.2. The largest absolute Gasteiger partial charge is 0.349 e. The Morgan fingerprint density at radius 2 is 1.86 bits per heavy atom. The summed E-state index contributed by atoms with van der Waals surface area (Å²) < 4.78 is 44.8. The van der Waals surface area contributed by atoms with Crippen molar-refractivity contribution in [3.05, 3.63) is 74.3 Å². The van der Waals surface area contributed by atoms with Crippen LogP contribution in [0, 0.1) is 17.5 Å². The highest BCUT2D eigenvalue weighted by atomic mass is 19.2. The van der Waals surface area contributed by atoms with Crippen molar-refractivity contribution in [2.45, 2.75) is 31.6 Å². The molecule has 4 aromatic rings. The normalized spacial score (nSPS) is 19.1. The molecule has 0 amide bonds. The number of anilines is 1. The molecule has 0 saturated carbocycles. The van der Waals surface area contributed by atoms with E-state index in [0.29, 0.717) is 18.4 Å². The number of halogens is 3. The van der Waals surface area contributed by atoms with Gasteiger partial charge in [0, 0.05) is 32.2 Å². The molecule has 1 aromatic carbocycles. The number of rotatable bonds is 5.